The molecule has 2 rings (SSSR count). The largest absolute Gasteiger partial charge is 0.297 e. The van der Waals surface area contributed by atoms with Crippen LogP contribution in [0, 0.1) is 11.7 Å². The number of unbranched alkanes of at least 4 members (excludes halogenated alkanes) is 1. The van der Waals surface area contributed by atoms with Gasteiger partial charge in [0.15, 0.2) is 0 Å². The number of rotatable bonds is 10. The Kier molecular flexibility index (Phi) is 7.81. The van der Waals surface area contributed by atoms with Crippen LogP contribution in [0.3, 0.4) is 0 Å². The fraction of sp³-hybridized carbons (Fsp3) is 0.619. The second-order valence-electron chi connectivity index (χ2n) is 7.11. The van der Waals surface area contributed by atoms with Gasteiger partial charge in [-0.3, -0.25) is 4.90 Å². The Labute approximate surface area is 141 Å². The molecule has 0 radical (unpaired) electrons. The molecule has 1 fully saturated rings. The number of aryl methyl sites for hydroxylation is 1. The maximum absolute atomic E-state index is 12.9. The van der Waals surface area contributed by atoms with E-state index in [1.807, 2.05) is 18.2 Å². The van der Waals surface area contributed by atoms with Crippen molar-refractivity contribution in [1.29, 1.82) is 0 Å². The molecular weight excluding hydrogens is 285 g/mol. The molecule has 0 N–H and O–H groups in total. The Balaban J connectivity index is 1.69. The van der Waals surface area contributed by atoms with E-state index in [4.69, 9.17) is 0 Å². The van der Waals surface area contributed by atoms with E-state index < -0.39 is 0 Å². The zero-order valence-electron chi connectivity index (χ0n) is 14.6. The van der Waals surface area contributed by atoms with Gasteiger partial charge in [-0.25, -0.2) is 4.39 Å². The van der Waals surface area contributed by atoms with Gasteiger partial charge in [0, 0.05) is 19.1 Å². The highest BCUT2D eigenvalue weighted by Gasteiger charge is 2.20. The molecule has 1 aliphatic carbocycles. The van der Waals surface area contributed by atoms with E-state index in [-0.39, 0.29) is 5.82 Å². The molecule has 23 heavy (non-hydrogen) atoms. The van der Waals surface area contributed by atoms with Crippen molar-refractivity contribution in [2.75, 3.05) is 13.1 Å². The van der Waals surface area contributed by atoms with Gasteiger partial charge in [-0.1, -0.05) is 37.5 Å². The van der Waals surface area contributed by atoms with Crippen molar-refractivity contribution in [3.63, 3.8) is 0 Å². The SMILES string of the molecule is C=CCN(CC1CCCC1)C(C)CCCCc1ccc(F)cc1. The first-order valence-electron chi connectivity index (χ1n) is 9.28. The summed E-state index contributed by atoms with van der Waals surface area (Å²) >= 11 is 0. The van der Waals surface area contributed by atoms with Crippen LogP contribution < -0.4 is 0 Å². The quantitative estimate of drug-likeness (QED) is 0.401. The summed E-state index contributed by atoms with van der Waals surface area (Å²) in [4.78, 5) is 2.61. The molecule has 128 valence electrons. The lowest BCUT2D eigenvalue weighted by Crippen LogP contribution is -2.36. The molecule has 0 aliphatic heterocycles. The van der Waals surface area contributed by atoms with Crippen LogP contribution in [0.25, 0.3) is 0 Å². The van der Waals surface area contributed by atoms with E-state index in [2.05, 4.69) is 18.4 Å². The minimum Gasteiger partial charge on any atom is -0.297 e. The standard InChI is InChI=1S/C21H32FN/c1-3-16-23(17-20-10-6-7-11-20)18(2)8-4-5-9-19-12-14-21(22)15-13-19/h3,12-15,18,20H,1,4-11,16-17H2,2H3. The van der Waals surface area contributed by atoms with Gasteiger partial charge in [-0.2, -0.15) is 0 Å². The molecule has 1 aliphatic rings. The zero-order chi connectivity index (χ0) is 16.5. The maximum atomic E-state index is 12.9. The third-order valence-electron chi connectivity index (χ3n) is 5.21. The zero-order valence-corrected chi connectivity index (χ0v) is 14.6. The molecule has 0 spiro atoms. The van der Waals surface area contributed by atoms with Crippen molar-refractivity contribution >= 4 is 0 Å². The summed E-state index contributed by atoms with van der Waals surface area (Å²) in [5.41, 5.74) is 1.24. The Morgan fingerprint density at radius 1 is 1.22 bits per heavy atom. The summed E-state index contributed by atoms with van der Waals surface area (Å²) in [5, 5.41) is 0. The van der Waals surface area contributed by atoms with Crippen molar-refractivity contribution < 1.29 is 4.39 Å². The second-order valence-corrected chi connectivity index (χ2v) is 7.11. The van der Waals surface area contributed by atoms with Crippen LogP contribution in [-0.4, -0.2) is 24.0 Å². The summed E-state index contributed by atoms with van der Waals surface area (Å²) in [6.45, 7) is 8.54. The molecule has 0 bridgehead atoms. The molecule has 1 saturated carbocycles. The van der Waals surface area contributed by atoms with Gasteiger partial charge in [0.2, 0.25) is 0 Å². The highest BCUT2D eigenvalue weighted by Crippen LogP contribution is 2.26. The lowest BCUT2D eigenvalue weighted by atomic mass is 10.0. The number of hydrogen-bond donors (Lipinski definition) is 0. The van der Waals surface area contributed by atoms with Gasteiger partial charge in [-0.15, -0.1) is 6.58 Å². The van der Waals surface area contributed by atoms with E-state index in [9.17, 15) is 4.39 Å². The van der Waals surface area contributed by atoms with Crippen molar-refractivity contribution in [2.24, 2.45) is 5.92 Å². The molecule has 0 heterocycles. The Morgan fingerprint density at radius 2 is 1.91 bits per heavy atom. The average molecular weight is 317 g/mol. The van der Waals surface area contributed by atoms with Crippen LogP contribution >= 0.6 is 0 Å². The molecule has 0 amide bonds. The van der Waals surface area contributed by atoms with Gasteiger partial charge < -0.3 is 0 Å². The lowest BCUT2D eigenvalue weighted by Gasteiger charge is -2.30. The summed E-state index contributed by atoms with van der Waals surface area (Å²) < 4.78 is 12.9. The molecule has 1 aromatic carbocycles. The van der Waals surface area contributed by atoms with Gasteiger partial charge in [0.05, 0.1) is 0 Å². The smallest absolute Gasteiger partial charge is 0.123 e. The van der Waals surface area contributed by atoms with Crippen LogP contribution in [0.15, 0.2) is 36.9 Å². The lowest BCUT2D eigenvalue weighted by molar-refractivity contribution is 0.185. The normalized spacial score (nSPS) is 16.8. The minimum atomic E-state index is -0.144. The van der Waals surface area contributed by atoms with Gasteiger partial charge in [0.25, 0.3) is 0 Å². The van der Waals surface area contributed by atoms with E-state index in [0.29, 0.717) is 6.04 Å². The van der Waals surface area contributed by atoms with E-state index in [1.165, 1.54) is 57.1 Å². The number of hydrogen-bond acceptors (Lipinski definition) is 1. The summed E-state index contributed by atoms with van der Waals surface area (Å²) in [6, 6.07) is 7.56. The fourth-order valence-electron chi connectivity index (χ4n) is 3.73. The van der Waals surface area contributed by atoms with E-state index >= 15 is 0 Å². The third kappa shape index (κ3) is 6.47. The topological polar surface area (TPSA) is 3.24 Å². The van der Waals surface area contributed by atoms with Gasteiger partial charge in [-0.05, 0) is 62.6 Å². The molecule has 1 atom stereocenters. The van der Waals surface area contributed by atoms with E-state index in [1.54, 1.807) is 12.1 Å². The predicted octanol–water partition coefficient (Wildman–Crippen LogP) is 5.61. The predicted molar refractivity (Wildman–Crippen MR) is 97.1 cm³/mol. The maximum Gasteiger partial charge on any atom is 0.123 e. The molecule has 0 saturated heterocycles. The monoisotopic (exact) mass is 317 g/mol. The molecule has 1 unspecified atom stereocenters. The minimum absolute atomic E-state index is 0.144. The van der Waals surface area contributed by atoms with Crippen LogP contribution in [-0.2, 0) is 6.42 Å². The average Bonchev–Trinajstić information content (AvgIpc) is 3.06. The number of nitrogens with zero attached hydrogens (tertiary/aromatic N) is 1. The second kappa shape index (κ2) is 9.87. The van der Waals surface area contributed by atoms with Crippen molar-refractivity contribution in [1.82, 2.24) is 4.90 Å². The van der Waals surface area contributed by atoms with Crippen LogP contribution in [0.1, 0.15) is 57.4 Å². The molecule has 2 heteroatoms. The number of benzene rings is 1. The van der Waals surface area contributed by atoms with Crippen LogP contribution in [0.5, 0.6) is 0 Å². The Bertz CT molecular complexity index is 447. The van der Waals surface area contributed by atoms with Crippen molar-refractivity contribution in [3.05, 3.63) is 48.3 Å². The first-order chi connectivity index (χ1) is 11.2. The fourth-order valence-corrected chi connectivity index (χ4v) is 3.73. The van der Waals surface area contributed by atoms with Crippen LogP contribution in [0.2, 0.25) is 0 Å². The van der Waals surface area contributed by atoms with Gasteiger partial charge >= 0.3 is 0 Å². The highest BCUT2D eigenvalue weighted by molar-refractivity contribution is 5.15. The third-order valence-corrected chi connectivity index (χ3v) is 5.21. The Morgan fingerprint density at radius 3 is 2.57 bits per heavy atom. The Hall–Kier alpha value is -1.15. The molecular formula is C21H32FN. The van der Waals surface area contributed by atoms with E-state index in [0.717, 1.165) is 18.9 Å². The van der Waals surface area contributed by atoms with Crippen molar-refractivity contribution in [2.45, 2.75) is 64.3 Å². The number of halogens is 1. The van der Waals surface area contributed by atoms with Gasteiger partial charge in [0.1, 0.15) is 5.82 Å². The summed E-state index contributed by atoms with van der Waals surface area (Å²) in [6.07, 6.45) is 12.4. The van der Waals surface area contributed by atoms with Crippen molar-refractivity contribution in [3.8, 4) is 0 Å². The first kappa shape index (κ1) is 18.2. The molecule has 1 aromatic rings. The highest BCUT2D eigenvalue weighted by atomic mass is 19.1. The molecule has 1 nitrogen and oxygen atoms in total. The molecule has 0 aromatic heterocycles. The van der Waals surface area contributed by atoms with Crippen LogP contribution in [0.4, 0.5) is 4.39 Å². The first-order valence-corrected chi connectivity index (χ1v) is 9.28. The summed E-state index contributed by atoms with van der Waals surface area (Å²) in [7, 11) is 0. The summed E-state index contributed by atoms with van der Waals surface area (Å²) in [5.74, 6) is 0.756.